The normalized spacial score (nSPS) is 19.0. The average Bonchev–Trinajstić information content (AvgIpc) is 3.23. The van der Waals surface area contributed by atoms with Crippen molar-refractivity contribution >= 4 is 17.6 Å². The second-order valence-corrected chi connectivity index (χ2v) is 7.64. The number of aryl methyl sites for hydroxylation is 1. The van der Waals surface area contributed by atoms with Gasteiger partial charge in [0.05, 0.1) is 49.5 Å². The van der Waals surface area contributed by atoms with Gasteiger partial charge >= 0.3 is 12.2 Å². The average molecular weight is 462 g/mol. The molecule has 2 aromatic rings. The number of rotatable bonds is 4. The first kappa shape index (κ1) is 22.6. The van der Waals surface area contributed by atoms with Crippen LogP contribution < -0.4 is 5.32 Å². The Kier molecular flexibility index (Phi) is 6.27. The predicted molar refractivity (Wildman–Crippen MR) is 110 cm³/mol. The standard InChI is InChI=1S/C21H21F3N6O3/c1-13-2-4-14(5-3-13)19-16(29-6-7-33-12-18(29)31)11-30(28-19)20(32)27-9-15-8-26-17(10-25-15)21(22,23)24/h2-5,8,10,16H,6-7,9,11-12H2,1H3,(H,27,32). The van der Waals surface area contributed by atoms with E-state index >= 15 is 0 Å². The van der Waals surface area contributed by atoms with Crippen LogP contribution in [0.2, 0.25) is 0 Å². The van der Waals surface area contributed by atoms with Gasteiger partial charge in [0.15, 0.2) is 5.69 Å². The lowest BCUT2D eigenvalue weighted by atomic mass is 10.0. The van der Waals surface area contributed by atoms with E-state index in [9.17, 15) is 22.8 Å². The van der Waals surface area contributed by atoms with Gasteiger partial charge in [-0.05, 0) is 12.5 Å². The number of carbonyl (C=O) groups excluding carboxylic acids is 2. The summed E-state index contributed by atoms with van der Waals surface area (Å²) in [4.78, 5) is 33.8. The molecule has 0 radical (unpaired) electrons. The molecule has 12 heteroatoms. The van der Waals surface area contributed by atoms with E-state index in [1.165, 1.54) is 5.01 Å². The van der Waals surface area contributed by atoms with Gasteiger partial charge in [-0.1, -0.05) is 29.8 Å². The van der Waals surface area contributed by atoms with E-state index in [0.29, 0.717) is 25.1 Å². The van der Waals surface area contributed by atoms with Gasteiger partial charge in [-0.15, -0.1) is 0 Å². The third kappa shape index (κ3) is 5.11. The minimum absolute atomic E-state index is 0.0313. The van der Waals surface area contributed by atoms with Crippen LogP contribution in [0.4, 0.5) is 18.0 Å². The lowest BCUT2D eigenvalue weighted by molar-refractivity contribution is -0.144. The number of halogens is 3. The van der Waals surface area contributed by atoms with E-state index in [2.05, 4.69) is 20.4 Å². The maximum atomic E-state index is 12.7. The monoisotopic (exact) mass is 462 g/mol. The zero-order chi connectivity index (χ0) is 23.6. The van der Waals surface area contributed by atoms with Crippen LogP contribution in [-0.4, -0.2) is 69.9 Å². The number of morpholine rings is 1. The van der Waals surface area contributed by atoms with E-state index in [-0.39, 0.29) is 31.3 Å². The molecule has 0 aliphatic carbocycles. The molecule has 9 nitrogen and oxygen atoms in total. The van der Waals surface area contributed by atoms with Gasteiger partial charge < -0.3 is 15.0 Å². The summed E-state index contributed by atoms with van der Waals surface area (Å²) in [7, 11) is 0. The molecule has 2 aliphatic rings. The van der Waals surface area contributed by atoms with E-state index < -0.39 is 23.9 Å². The number of urea groups is 1. The molecule has 3 heterocycles. The third-order valence-electron chi connectivity index (χ3n) is 5.29. The largest absolute Gasteiger partial charge is 0.434 e. The van der Waals surface area contributed by atoms with Crippen LogP contribution >= 0.6 is 0 Å². The molecule has 1 aromatic heterocycles. The number of ether oxygens (including phenoxy) is 1. The molecule has 1 unspecified atom stereocenters. The van der Waals surface area contributed by atoms with Gasteiger partial charge in [-0.25, -0.2) is 14.8 Å². The molecule has 1 saturated heterocycles. The fraction of sp³-hybridized carbons (Fsp3) is 0.381. The number of benzene rings is 1. The molecule has 1 fully saturated rings. The molecule has 2 aliphatic heterocycles. The van der Waals surface area contributed by atoms with Crippen LogP contribution in [0.5, 0.6) is 0 Å². The Labute approximate surface area is 187 Å². The first-order valence-corrected chi connectivity index (χ1v) is 10.2. The molecular weight excluding hydrogens is 441 g/mol. The van der Waals surface area contributed by atoms with Crippen LogP contribution in [0.3, 0.4) is 0 Å². The van der Waals surface area contributed by atoms with Crippen LogP contribution in [0.15, 0.2) is 41.8 Å². The highest BCUT2D eigenvalue weighted by Crippen LogP contribution is 2.26. The number of hydrazone groups is 1. The number of amides is 3. The van der Waals surface area contributed by atoms with E-state index in [0.717, 1.165) is 17.3 Å². The van der Waals surface area contributed by atoms with Crippen molar-refractivity contribution in [3.63, 3.8) is 0 Å². The number of hydrogen-bond donors (Lipinski definition) is 1. The fourth-order valence-corrected chi connectivity index (χ4v) is 3.55. The first-order chi connectivity index (χ1) is 15.7. The number of alkyl halides is 3. The Balaban J connectivity index is 1.49. The summed E-state index contributed by atoms with van der Waals surface area (Å²) in [5, 5.41) is 8.25. The van der Waals surface area contributed by atoms with Crippen LogP contribution in [0.25, 0.3) is 0 Å². The molecule has 1 aromatic carbocycles. The Hall–Kier alpha value is -3.54. The molecule has 3 amide bonds. The molecule has 0 saturated carbocycles. The molecular formula is C21H21F3N6O3. The molecule has 0 bridgehead atoms. The lowest BCUT2D eigenvalue weighted by Gasteiger charge is -2.32. The SMILES string of the molecule is Cc1ccc(C2=NN(C(=O)NCc3cnc(C(F)(F)F)cn3)CC2N2CCOCC2=O)cc1. The summed E-state index contributed by atoms with van der Waals surface area (Å²) in [6, 6.07) is 6.59. The number of nitrogens with one attached hydrogen (secondary N) is 1. The van der Waals surface area contributed by atoms with E-state index in [4.69, 9.17) is 4.74 Å². The molecule has 4 rings (SSSR count). The van der Waals surface area contributed by atoms with Crippen molar-refractivity contribution in [1.82, 2.24) is 25.2 Å². The van der Waals surface area contributed by atoms with Gasteiger partial charge in [-0.3, -0.25) is 9.78 Å². The summed E-state index contributed by atoms with van der Waals surface area (Å²) in [6.45, 7) is 2.70. The topological polar surface area (TPSA) is 100 Å². The predicted octanol–water partition coefficient (Wildman–Crippen LogP) is 1.96. The summed E-state index contributed by atoms with van der Waals surface area (Å²) < 4.78 is 43.1. The van der Waals surface area contributed by atoms with Crippen molar-refractivity contribution in [2.24, 2.45) is 5.10 Å². The minimum atomic E-state index is -4.59. The smallest absolute Gasteiger partial charge is 0.370 e. The van der Waals surface area contributed by atoms with Gasteiger partial charge in [0.25, 0.3) is 0 Å². The molecule has 0 spiro atoms. The van der Waals surface area contributed by atoms with Crippen molar-refractivity contribution in [2.45, 2.75) is 25.7 Å². The highest BCUT2D eigenvalue weighted by atomic mass is 19.4. The number of hydrogen-bond acceptors (Lipinski definition) is 6. The second-order valence-electron chi connectivity index (χ2n) is 7.64. The summed E-state index contributed by atoms with van der Waals surface area (Å²) >= 11 is 0. The first-order valence-electron chi connectivity index (χ1n) is 10.2. The zero-order valence-electron chi connectivity index (χ0n) is 17.7. The van der Waals surface area contributed by atoms with Crippen LogP contribution in [0, 0.1) is 6.92 Å². The molecule has 33 heavy (non-hydrogen) atoms. The number of nitrogens with zero attached hydrogens (tertiary/aromatic N) is 5. The summed E-state index contributed by atoms with van der Waals surface area (Å²) in [6.07, 6.45) is -3.01. The Morgan fingerprint density at radius 1 is 1.21 bits per heavy atom. The Bertz CT molecular complexity index is 1060. The number of aromatic nitrogens is 2. The Morgan fingerprint density at radius 2 is 1.97 bits per heavy atom. The fourth-order valence-electron chi connectivity index (χ4n) is 3.55. The van der Waals surface area contributed by atoms with Crippen molar-refractivity contribution in [3.05, 3.63) is 59.2 Å². The van der Waals surface area contributed by atoms with Crippen molar-refractivity contribution in [1.29, 1.82) is 0 Å². The van der Waals surface area contributed by atoms with Gasteiger partial charge in [0.1, 0.15) is 6.61 Å². The van der Waals surface area contributed by atoms with Crippen molar-refractivity contribution in [2.75, 3.05) is 26.3 Å². The highest BCUT2D eigenvalue weighted by Gasteiger charge is 2.38. The highest BCUT2D eigenvalue weighted by molar-refractivity contribution is 6.08. The summed E-state index contributed by atoms with van der Waals surface area (Å²) in [5.41, 5.74) is 1.48. The molecule has 174 valence electrons. The Morgan fingerprint density at radius 3 is 2.61 bits per heavy atom. The maximum absolute atomic E-state index is 12.7. The van der Waals surface area contributed by atoms with E-state index in [1.54, 1.807) is 4.90 Å². The zero-order valence-corrected chi connectivity index (χ0v) is 17.7. The number of carbonyl (C=O) groups is 2. The molecule has 1 atom stereocenters. The quantitative estimate of drug-likeness (QED) is 0.749. The molecule has 1 N–H and O–H groups in total. The second kappa shape index (κ2) is 9.14. The summed E-state index contributed by atoms with van der Waals surface area (Å²) in [5.74, 6) is -0.187. The van der Waals surface area contributed by atoms with Crippen LogP contribution in [0.1, 0.15) is 22.5 Å². The van der Waals surface area contributed by atoms with E-state index in [1.807, 2.05) is 31.2 Å². The van der Waals surface area contributed by atoms with Gasteiger partial charge in [0.2, 0.25) is 5.91 Å². The maximum Gasteiger partial charge on any atom is 0.434 e. The van der Waals surface area contributed by atoms with Crippen LogP contribution in [-0.2, 0) is 22.3 Å². The lowest BCUT2D eigenvalue weighted by Crippen LogP contribution is -2.52. The van der Waals surface area contributed by atoms with Crippen molar-refractivity contribution in [3.8, 4) is 0 Å². The minimum Gasteiger partial charge on any atom is -0.370 e. The van der Waals surface area contributed by atoms with Gasteiger partial charge in [-0.2, -0.15) is 18.3 Å². The third-order valence-corrected chi connectivity index (χ3v) is 5.29. The van der Waals surface area contributed by atoms with Gasteiger partial charge in [0, 0.05) is 6.54 Å². The van der Waals surface area contributed by atoms with Crippen molar-refractivity contribution < 1.29 is 27.5 Å².